The summed E-state index contributed by atoms with van der Waals surface area (Å²) in [5.74, 6) is -2.80. The molecule has 0 spiro atoms. The summed E-state index contributed by atoms with van der Waals surface area (Å²) in [6.07, 6.45) is 0. The van der Waals surface area contributed by atoms with E-state index in [-0.39, 0.29) is 8.73 Å². The molecule has 13 heteroatoms. The van der Waals surface area contributed by atoms with Crippen LogP contribution in [0.25, 0.3) is 0 Å². The number of benzene rings is 2. The molecule has 2 rings (SSSR count). The Hall–Kier alpha value is -2.15. The third kappa shape index (κ3) is 3.53. The van der Waals surface area contributed by atoms with Crippen LogP contribution in [0.15, 0.2) is 46.2 Å². The minimum Gasteiger partial charge on any atom is -0.258 e. The Balaban J connectivity index is 2.56. The van der Waals surface area contributed by atoms with E-state index in [2.05, 4.69) is 0 Å². The average Bonchev–Trinajstić information content (AvgIpc) is 2.56. The Bertz CT molecular complexity index is 1110. The number of halogens is 3. The molecule has 0 radical (unpaired) electrons. The van der Waals surface area contributed by atoms with Crippen molar-refractivity contribution in [2.24, 2.45) is 0 Å². The molecule has 2 aromatic rings. The van der Waals surface area contributed by atoms with Gasteiger partial charge in [-0.25, -0.2) is 25.6 Å². The first-order valence-corrected chi connectivity index (χ1v) is 9.78. The van der Waals surface area contributed by atoms with Gasteiger partial charge in [0.05, 0.1) is 14.7 Å². The zero-order chi connectivity index (χ0) is 19.9. The lowest BCUT2D eigenvalue weighted by atomic mass is 10.3. The van der Waals surface area contributed by atoms with E-state index in [9.17, 15) is 35.7 Å². The topological polar surface area (TPSA) is 115 Å². The maximum atomic E-state index is 13.3. The van der Waals surface area contributed by atoms with E-state index in [1.807, 2.05) is 0 Å². The first-order valence-electron chi connectivity index (χ1n) is 6.52. The van der Waals surface area contributed by atoms with Gasteiger partial charge in [-0.1, -0.05) is 15.3 Å². The van der Waals surface area contributed by atoms with E-state index < -0.39 is 52.1 Å². The highest BCUT2D eigenvalue weighted by Crippen LogP contribution is 2.30. The molecule has 0 bridgehead atoms. The van der Waals surface area contributed by atoms with Gasteiger partial charge in [-0.15, -0.1) is 0 Å². The molecule has 0 N–H and O–H groups in total. The van der Waals surface area contributed by atoms with Crippen LogP contribution in [0.4, 0.5) is 14.5 Å². The smallest absolute Gasteiger partial charge is 0.258 e. The molecule has 0 unspecified atom stereocenters. The SMILES string of the molecule is CN(S(=O)(=O)c1ccc(F)c(F)c1)S(=O)(=O)c1ccc(Cl)c([N+](=O)[O-])c1. The number of nitro benzene ring substituents is 1. The van der Waals surface area contributed by atoms with E-state index in [1.54, 1.807) is 0 Å². The van der Waals surface area contributed by atoms with Gasteiger partial charge in [-0.3, -0.25) is 10.1 Å². The molecular formula is C13H9ClF2N2O6S2. The van der Waals surface area contributed by atoms with E-state index in [4.69, 9.17) is 11.6 Å². The van der Waals surface area contributed by atoms with Crippen LogP contribution in [-0.2, 0) is 20.0 Å². The van der Waals surface area contributed by atoms with Crippen molar-refractivity contribution < 1.29 is 30.5 Å². The molecule has 0 amide bonds. The number of rotatable bonds is 5. The molecule has 0 aliphatic rings. The number of nitrogens with zero attached hydrogens (tertiary/aromatic N) is 2. The van der Waals surface area contributed by atoms with E-state index in [0.29, 0.717) is 31.3 Å². The molecule has 0 atom stereocenters. The Kier molecular flexibility index (Phi) is 5.33. The number of nitro groups is 1. The first kappa shape index (κ1) is 20.2. The molecule has 0 aliphatic carbocycles. The second-order valence-corrected chi connectivity index (χ2v) is 9.41. The number of hydrogen-bond donors (Lipinski definition) is 0. The maximum absolute atomic E-state index is 13.3. The molecule has 0 aliphatic heterocycles. The minimum atomic E-state index is -4.79. The highest BCUT2D eigenvalue weighted by atomic mass is 35.5. The molecule has 2 aromatic carbocycles. The van der Waals surface area contributed by atoms with Gasteiger partial charge in [0.1, 0.15) is 5.02 Å². The van der Waals surface area contributed by atoms with Crippen LogP contribution in [0.3, 0.4) is 0 Å². The Morgan fingerprint density at radius 1 is 0.962 bits per heavy atom. The number of sulfonamides is 2. The van der Waals surface area contributed by atoms with Crippen LogP contribution in [0.1, 0.15) is 0 Å². The average molecular weight is 427 g/mol. The highest BCUT2D eigenvalue weighted by molar-refractivity contribution is 8.04. The number of hydrogen-bond acceptors (Lipinski definition) is 6. The van der Waals surface area contributed by atoms with Gasteiger partial charge in [0.15, 0.2) is 11.6 Å². The van der Waals surface area contributed by atoms with E-state index in [1.165, 1.54) is 0 Å². The van der Waals surface area contributed by atoms with Crippen molar-refractivity contribution in [2.45, 2.75) is 9.79 Å². The second-order valence-electron chi connectivity index (χ2n) is 4.84. The Morgan fingerprint density at radius 2 is 1.46 bits per heavy atom. The largest absolute Gasteiger partial charge is 0.289 e. The van der Waals surface area contributed by atoms with Crippen LogP contribution < -0.4 is 0 Å². The van der Waals surface area contributed by atoms with Crippen molar-refractivity contribution in [3.8, 4) is 0 Å². The summed E-state index contributed by atoms with van der Waals surface area (Å²) >= 11 is 5.59. The highest BCUT2D eigenvalue weighted by Gasteiger charge is 2.34. The summed E-state index contributed by atoms with van der Waals surface area (Å²) in [5.41, 5.74) is -0.744. The van der Waals surface area contributed by atoms with Gasteiger partial charge < -0.3 is 0 Å². The summed E-state index contributed by atoms with van der Waals surface area (Å²) in [6.45, 7) is 0. The van der Waals surface area contributed by atoms with Crippen LogP contribution in [0.5, 0.6) is 0 Å². The van der Waals surface area contributed by atoms with Crippen molar-refractivity contribution in [3.05, 3.63) is 63.2 Å². The van der Waals surface area contributed by atoms with Crippen LogP contribution >= 0.6 is 11.6 Å². The summed E-state index contributed by atoms with van der Waals surface area (Å²) in [5, 5.41) is 10.5. The Morgan fingerprint density at radius 3 is 1.96 bits per heavy atom. The molecule has 0 saturated carbocycles. The van der Waals surface area contributed by atoms with E-state index in [0.717, 1.165) is 12.1 Å². The minimum absolute atomic E-state index is 0.0976. The van der Waals surface area contributed by atoms with Gasteiger partial charge in [0, 0.05) is 13.1 Å². The third-order valence-corrected chi connectivity index (χ3v) is 7.83. The van der Waals surface area contributed by atoms with Crippen molar-refractivity contribution in [1.82, 2.24) is 3.71 Å². The fourth-order valence-electron chi connectivity index (χ4n) is 1.86. The van der Waals surface area contributed by atoms with Crippen LogP contribution in [0.2, 0.25) is 5.02 Å². The van der Waals surface area contributed by atoms with E-state index >= 15 is 0 Å². The van der Waals surface area contributed by atoms with Gasteiger partial charge in [0.25, 0.3) is 25.7 Å². The lowest BCUT2D eigenvalue weighted by Gasteiger charge is -2.17. The van der Waals surface area contributed by atoms with Crippen molar-refractivity contribution in [3.63, 3.8) is 0 Å². The quantitative estimate of drug-likeness (QED) is 0.536. The normalized spacial score (nSPS) is 12.3. The summed E-state index contributed by atoms with van der Waals surface area (Å²) in [6, 6.07) is 3.92. The van der Waals surface area contributed by atoms with Crippen molar-refractivity contribution >= 4 is 37.3 Å². The fraction of sp³-hybridized carbons (Fsp3) is 0.0769. The predicted octanol–water partition coefficient (Wildman–Crippen LogP) is 2.54. The van der Waals surface area contributed by atoms with Gasteiger partial charge in [-0.2, -0.15) is 0 Å². The lowest BCUT2D eigenvalue weighted by Crippen LogP contribution is -2.33. The van der Waals surface area contributed by atoms with Gasteiger partial charge in [-0.05, 0) is 30.3 Å². The standard InChI is InChI=1S/C13H9ClF2N2O6S2/c1-17(25(21,22)8-3-5-11(15)12(16)6-8)26(23,24)9-2-4-10(14)13(7-9)18(19)20/h2-7H,1H3. The Labute approximate surface area is 151 Å². The molecule has 0 heterocycles. The lowest BCUT2D eigenvalue weighted by molar-refractivity contribution is -0.384. The molecule has 0 fully saturated rings. The summed E-state index contributed by atoms with van der Waals surface area (Å²) in [4.78, 5) is 8.40. The zero-order valence-corrected chi connectivity index (χ0v) is 15.1. The molecule has 0 saturated heterocycles. The van der Waals surface area contributed by atoms with Gasteiger partial charge >= 0.3 is 0 Å². The molecule has 8 nitrogen and oxygen atoms in total. The fourth-order valence-corrected chi connectivity index (χ4v) is 5.18. The van der Waals surface area contributed by atoms with Crippen LogP contribution in [-0.4, -0.2) is 32.5 Å². The predicted molar refractivity (Wildman–Crippen MR) is 86.6 cm³/mol. The summed E-state index contributed by atoms with van der Waals surface area (Å²) < 4.78 is 76.0. The maximum Gasteiger partial charge on any atom is 0.289 e. The molecular weight excluding hydrogens is 418 g/mol. The molecule has 26 heavy (non-hydrogen) atoms. The third-order valence-electron chi connectivity index (χ3n) is 3.28. The molecule has 0 aromatic heterocycles. The van der Waals surface area contributed by atoms with Crippen molar-refractivity contribution in [1.29, 1.82) is 0 Å². The molecule has 140 valence electrons. The zero-order valence-electron chi connectivity index (χ0n) is 12.8. The van der Waals surface area contributed by atoms with Gasteiger partial charge in [0.2, 0.25) is 0 Å². The van der Waals surface area contributed by atoms with Crippen molar-refractivity contribution in [2.75, 3.05) is 7.05 Å². The van der Waals surface area contributed by atoms with Crippen LogP contribution in [0, 0.1) is 21.7 Å². The summed E-state index contributed by atoms with van der Waals surface area (Å²) in [7, 11) is -8.91. The second kappa shape index (κ2) is 6.87. The first-order chi connectivity index (χ1) is 11.9. The monoisotopic (exact) mass is 426 g/mol.